The summed E-state index contributed by atoms with van der Waals surface area (Å²) in [6.07, 6.45) is 2.65. The van der Waals surface area contributed by atoms with Gasteiger partial charge in [-0.2, -0.15) is 0 Å². The van der Waals surface area contributed by atoms with Gasteiger partial charge < -0.3 is 15.7 Å². The molecule has 0 aliphatic carbocycles. The van der Waals surface area contributed by atoms with Gasteiger partial charge in [0.2, 0.25) is 0 Å². The Bertz CT molecular complexity index is 324. The number of hydrogen-bond acceptors (Lipinski definition) is 2. The van der Waals surface area contributed by atoms with Crippen molar-refractivity contribution in [2.24, 2.45) is 17.3 Å². The van der Waals surface area contributed by atoms with Crippen molar-refractivity contribution in [3.63, 3.8) is 0 Å². The zero-order valence-corrected chi connectivity index (χ0v) is 14.2. The molecule has 3 N–H and O–H groups in total. The van der Waals surface area contributed by atoms with Gasteiger partial charge >= 0.3 is 12.0 Å². The summed E-state index contributed by atoms with van der Waals surface area (Å²) in [5.74, 6) is 0.00688. The van der Waals surface area contributed by atoms with E-state index in [0.717, 1.165) is 12.8 Å². The third-order valence-corrected chi connectivity index (χ3v) is 4.23. The van der Waals surface area contributed by atoms with Crippen molar-refractivity contribution in [2.45, 2.75) is 60.3 Å². The van der Waals surface area contributed by atoms with Crippen LogP contribution in [0.5, 0.6) is 0 Å². The van der Waals surface area contributed by atoms with E-state index in [1.165, 1.54) is 0 Å². The molecule has 0 aliphatic rings. The SMILES string of the molecule is CCC(CCNC(=O)NCC(C)C(C)(C)C)CCC(=O)O. The number of aliphatic carboxylic acids is 1. The molecule has 0 aromatic rings. The topological polar surface area (TPSA) is 78.4 Å². The lowest BCUT2D eigenvalue weighted by Gasteiger charge is -2.27. The molecule has 5 heteroatoms. The van der Waals surface area contributed by atoms with Crippen molar-refractivity contribution in [3.8, 4) is 0 Å². The molecule has 0 aromatic heterocycles. The minimum Gasteiger partial charge on any atom is -0.481 e. The quantitative estimate of drug-likeness (QED) is 0.611. The van der Waals surface area contributed by atoms with Crippen LogP contribution in [0, 0.1) is 17.3 Å². The first kappa shape index (κ1) is 19.7. The second-order valence-electron chi connectivity index (χ2n) is 6.90. The second kappa shape index (κ2) is 9.64. The minimum absolute atomic E-state index is 0.140. The van der Waals surface area contributed by atoms with Gasteiger partial charge in [-0.1, -0.05) is 41.0 Å². The second-order valence-corrected chi connectivity index (χ2v) is 6.90. The summed E-state index contributed by atoms with van der Waals surface area (Å²) in [5.41, 5.74) is 0.178. The van der Waals surface area contributed by atoms with Crippen LogP contribution in [-0.2, 0) is 4.79 Å². The van der Waals surface area contributed by atoms with Crippen LogP contribution in [-0.4, -0.2) is 30.2 Å². The molecule has 2 amide bonds. The highest BCUT2D eigenvalue weighted by atomic mass is 16.4. The summed E-state index contributed by atoms with van der Waals surface area (Å²) in [6.45, 7) is 11.9. The summed E-state index contributed by atoms with van der Waals surface area (Å²) in [5, 5.41) is 14.4. The van der Waals surface area contributed by atoms with Crippen LogP contribution in [0.4, 0.5) is 4.79 Å². The molecule has 124 valence electrons. The smallest absolute Gasteiger partial charge is 0.314 e. The summed E-state index contributed by atoms with van der Waals surface area (Å²) in [4.78, 5) is 22.2. The summed E-state index contributed by atoms with van der Waals surface area (Å²) < 4.78 is 0. The highest BCUT2D eigenvalue weighted by Crippen LogP contribution is 2.24. The van der Waals surface area contributed by atoms with Crippen molar-refractivity contribution in [1.29, 1.82) is 0 Å². The van der Waals surface area contributed by atoms with E-state index in [-0.39, 0.29) is 17.9 Å². The number of carbonyl (C=O) groups excluding carboxylic acids is 1. The lowest BCUT2D eigenvalue weighted by molar-refractivity contribution is -0.137. The van der Waals surface area contributed by atoms with Crippen LogP contribution in [0.1, 0.15) is 60.3 Å². The molecule has 0 bridgehead atoms. The van der Waals surface area contributed by atoms with Crippen LogP contribution in [0.25, 0.3) is 0 Å². The Kier molecular flexibility index (Phi) is 9.06. The zero-order valence-electron chi connectivity index (χ0n) is 14.2. The minimum atomic E-state index is -0.754. The van der Waals surface area contributed by atoms with E-state index in [2.05, 4.69) is 45.3 Å². The van der Waals surface area contributed by atoms with E-state index >= 15 is 0 Å². The molecular formula is C16H32N2O3. The Labute approximate surface area is 128 Å². The average Bonchev–Trinajstić information content (AvgIpc) is 2.38. The molecule has 0 radical (unpaired) electrons. The van der Waals surface area contributed by atoms with Gasteiger partial charge in [0.15, 0.2) is 0 Å². The normalized spacial score (nSPS) is 14.3. The number of nitrogens with one attached hydrogen (secondary N) is 2. The van der Waals surface area contributed by atoms with Crippen molar-refractivity contribution in [1.82, 2.24) is 10.6 Å². The Balaban J connectivity index is 3.85. The van der Waals surface area contributed by atoms with E-state index in [4.69, 9.17) is 5.11 Å². The summed E-state index contributed by atoms with van der Waals surface area (Å²) >= 11 is 0. The summed E-state index contributed by atoms with van der Waals surface area (Å²) in [7, 11) is 0. The van der Waals surface area contributed by atoms with E-state index in [1.54, 1.807) is 0 Å². The zero-order chi connectivity index (χ0) is 16.5. The molecule has 0 saturated carbocycles. The first-order chi connectivity index (χ1) is 9.66. The third kappa shape index (κ3) is 10.2. The fraction of sp³-hybridized carbons (Fsp3) is 0.875. The van der Waals surface area contributed by atoms with Gasteiger partial charge in [0.25, 0.3) is 0 Å². The van der Waals surface area contributed by atoms with Crippen molar-refractivity contribution in [3.05, 3.63) is 0 Å². The number of carboxylic acids is 1. The maximum atomic E-state index is 11.7. The maximum Gasteiger partial charge on any atom is 0.314 e. The highest BCUT2D eigenvalue weighted by molar-refractivity contribution is 5.73. The van der Waals surface area contributed by atoms with E-state index in [9.17, 15) is 9.59 Å². The van der Waals surface area contributed by atoms with Gasteiger partial charge in [-0.25, -0.2) is 4.79 Å². The van der Waals surface area contributed by atoms with E-state index < -0.39 is 5.97 Å². The van der Waals surface area contributed by atoms with Gasteiger partial charge in [-0.3, -0.25) is 4.79 Å². The molecule has 0 aromatic carbocycles. The molecule has 2 unspecified atom stereocenters. The monoisotopic (exact) mass is 300 g/mol. The number of carbonyl (C=O) groups is 2. The Morgan fingerprint density at radius 1 is 1.14 bits per heavy atom. The van der Waals surface area contributed by atoms with Crippen LogP contribution in [0.2, 0.25) is 0 Å². The molecule has 5 nitrogen and oxygen atoms in total. The molecule has 0 aliphatic heterocycles. The average molecular weight is 300 g/mol. The fourth-order valence-corrected chi connectivity index (χ4v) is 1.88. The van der Waals surface area contributed by atoms with Gasteiger partial charge in [-0.15, -0.1) is 0 Å². The predicted octanol–water partition coefficient (Wildman–Crippen LogP) is 3.25. The van der Waals surface area contributed by atoms with Gasteiger partial charge in [-0.05, 0) is 30.1 Å². The number of amides is 2. The lowest BCUT2D eigenvalue weighted by Crippen LogP contribution is -2.40. The van der Waals surface area contributed by atoms with Gasteiger partial charge in [0.05, 0.1) is 0 Å². The fourth-order valence-electron chi connectivity index (χ4n) is 1.88. The first-order valence-electron chi connectivity index (χ1n) is 7.90. The number of hydrogen-bond donors (Lipinski definition) is 3. The number of carboxylic acid groups (broad SMARTS) is 1. The highest BCUT2D eigenvalue weighted by Gasteiger charge is 2.20. The molecular weight excluding hydrogens is 268 g/mol. The molecule has 0 heterocycles. The van der Waals surface area contributed by atoms with E-state index in [0.29, 0.717) is 31.3 Å². The molecule has 21 heavy (non-hydrogen) atoms. The first-order valence-corrected chi connectivity index (χ1v) is 7.90. The standard InChI is InChI=1S/C16H32N2O3/c1-6-13(7-8-14(19)20)9-10-17-15(21)18-11-12(2)16(3,4)5/h12-13H,6-11H2,1-5H3,(H,19,20)(H2,17,18,21). The molecule has 2 atom stereocenters. The lowest BCUT2D eigenvalue weighted by atomic mass is 9.82. The third-order valence-electron chi connectivity index (χ3n) is 4.23. The molecule has 0 fully saturated rings. The number of urea groups is 1. The Hall–Kier alpha value is -1.26. The van der Waals surface area contributed by atoms with Gasteiger partial charge in [0, 0.05) is 19.5 Å². The van der Waals surface area contributed by atoms with Crippen molar-refractivity contribution < 1.29 is 14.7 Å². The number of rotatable bonds is 9. The van der Waals surface area contributed by atoms with Crippen LogP contribution in [0.15, 0.2) is 0 Å². The predicted molar refractivity (Wildman–Crippen MR) is 85.3 cm³/mol. The summed E-state index contributed by atoms with van der Waals surface area (Å²) in [6, 6.07) is -0.140. The van der Waals surface area contributed by atoms with Gasteiger partial charge in [0.1, 0.15) is 0 Å². The Morgan fingerprint density at radius 2 is 1.76 bits per heavy atom. The van der Waals surface area contributed by atoms with Crippen molar-refractivity contribution >= 4 is 12.0 Å². The van der Waals surface area contributed by atoms with Crippen LogP contribution in [0.3, 0.4) is 0 Å². The molecule has 0 rings (SSSR count). The van der Waals surface area contributed by atoms with E-state index in [1.807, 2.05) is 0 Å². The van der Waals surface area contributed by atoms with Crippen LogP contribution >= 0.6 is 0 Å². The van der Waals surface area contributed by atoms with Crippen molar-refractivity contribution in [2.75, 3.05) is 13.1 Å². The molecule has 0 spiro atoms. The maximum absolute atomic E-state index is 11.7. The Morgan fingerprint density at radius 3 is 2.24 bits per heavy atom. The largest absolute Gasteiger partial charge is 0.481 e. The molecule has 0 saturated heterocycles. The van der Waals surface area contributed by atoms with Crippen LogP contribution < -0.4 is 10.6 Å².